The van der Waals surface area contributed by atoms with Crippen molar-refractivity contribution < 1.29 is 5.11 Å². The highest BCUT2D eigenvalue weighted by atomic mass is 16.3. The van der Waals surface area contributed by atoms with Crippen LogP contribution in [0.4, 0.5) is 5.95 Å². The second-order valence-corrected chi connectivity index (χ2v) is 7.32. The number of nitrogens with one attached hydrogen (secondary N) is 1. The van der Waals surface area contributed by atoms with Crippen LogP contribution in [0.5, 0.6) is 5.75 Å². The standard InChI is InChI=1S/C24H31N5O/c1-2-29(16-4-13-25)18-20-5-3-6-21(17-20)23-12-15-27-24(28-23)26-14-11-19-7-9-22(30)10-8-19/h3,5-10,12,15,17,30H,2,4,11,13-14,16,18,25H2,1H3,(H,26,27,28). The van der Waals surface area contributed by atoms with Gasteiger partial charge in [0.05, 0.1) is 5.69 Å². The van der Waals surface area contributed by atoms with Crippen molar-refractivity contribution in [2.75, 3.05) is 31.5 Å². The Morgan fingerprint density at radius 1 is 1.07 bits per heavy atom. The largest absolute Gasteiger partial charge is 0.508 e. The molecular formula is C24H31N5O. The smallest absolute Gasteiger partial charge is 0.223 e. The number of rotatable bonds is 11. The van der Waals surface area contributed by atoms with Crippen LogP contribution in [0, 0.1) is 0 Å². The van der Waals surface area contributed by atoms with Crippen LogP contribution >= 0.6 is 0 Å². The minimum Gasteiger partial charge on any atom is -0.508 e. The van der Waals surface area contributed by atoms with Gasteiger partial charge < -0.3 is 16.2 Å². The Hall–Kier alpha value is -2.96. The zero-order valence-corrected chi connectivity index (χ0v) is 17.6. The number of anilines is 1. The summed E-state index contributed by atoms with van der Waals surface area (Å²) in [5, 5.41) is 12.7. The molecule has 0 radical (unpaired) electrons. The predicted octanol–water partition coefficient (Wildman–Crippen LogP) is 3.67. The molecule has 1 heterocycles. The highest BCUT2D eigenvalue weighted by molar-refractivity contribution is 5.60. The van der Waals surface area contributed by atoms with E-state index in [1.165, 1.54) is 5.56 Å². The lowest BCUT2D eigenvalue weighted by molar-refractivity contribution is 0.278. The van der Waals surface area contributed by atoms with Crippen molar-refractivity contribution in [1.82, 2.24) is 14.9 Å². The molecule has 2 aromatic carbocycles. The summed E-state index contributed by atoms with van der Waals surface area (Å²) < 4.78 is 0. The first-order valence-corrected chi connectivity index (χ1v) is 10.5. The fraction of sp³-hybridized carbons (Fsp3) is 0.333. The van der Waals surface area contributed by atoms with E-state index in [4.69, 9.17) is 5.73 Å². The molecule has 0 atom stereocenters. The fourth-order valence-electron chi connectivity index (χ4n) is 3.34. The average molecular weight is 406 g/mol. The summed E-state index contributed by atoms with van der Waals surface area (Å²) >= 11 is 0. The first-order valence-electron chi connectivity index (χ1n) is 10.5. The summed E-state index contributed by atoms with van der Waals surface area (Å²) in [6.45, 7) is 6.56. The van der Waals surface area contributed by atoms with Crippen LogP contribution in [0.2, 0.25) is 0 Å². The Morgan fingerprint density at radius 2 is 1.90 bits per heavy atom. The van der Waals surface area contributed by atoms with Crippen molar-refractivity contribution in [2.45, 2.75) is 26.3 Å². The molecule has 1 aromatic heterocycles. The number of phenols is 1. The van der Waals surface area contributed by atoms with Gasteiger partial charge in [-0.15, -0.1) is 0 Å². The Labute approximate surface area is 178 Å². The molecule has 6 nitrogen and oxygen atoms in total. The molecule has 0 aliphatic carbocycles. The van der Waals surface area contributed by atoms with E-state index in [-0.39, 0.29) is 5.75 Å². The van der Waals surface area contributed by atoms with Gasteiger partial charge in [0.1, 0.15) is 5.75 Å². The molecule has 0 saturated carbocycles. The van der Waals surface area contributed by atoms with Gasteiger partial charge in [-0.3, -0.25) is 4.90 Å². The SMILES string of the molecule is CCN(CCCN)Cc1cccc(-c2ccnc(NCCc3ccc(O)cc3)n2)c1. The summed E-state index contributed by atoms with van der Waals surface area (Å²) in [6, 6.07) is 17.7. The molecule has 0 saturated heterocycles. The maximum Gasteiger partial charge on any atom is 0.223 e. The number of nitrogens with zero attached hydrogens (tertiary/aromatic N) is 3. The summed E-state index contributed by atoms with van der Waals surface area (Å²) in [5.74, 6) is 0.904. The maximum absolute atomic E-state index is 9.38. The van der Waals surface area contributed by atoms with Crippen LogP contribution in [0.25, 0.3) is 11.3 Å². The minimum atomic E-state index is 0.284. The van der Waals surface area contributed by atoms with E-state index in [1.807, 2.05) is 18.2 Å². The van der Waals surface area contributed by atoms with Crippen LogP contribution in [0.15, 0.2) is 60.8 Å². The topological polar surface area (TPSA) is 87.3 Å². The first kappa shape index (κ1) is 21.7. The molecule has 0 spiro atoms. The number of benzene rings is 2. The van der Waals surface area contributed by atoms with Crippen molar-refractivity contribution in [2.24, 2.45) is 5.73 Å². The lowest BCUT2D eigenvalue weighted by Gasteiger charge is -2.20. The number of aromatic hydroxyl groups is 1. The highest BCUT2D eigenvalue weighted by Crippen LogP contribution is 2.20. The van der Waals surface area contributed by atoms with Gasteiger partial charge in [-0.2, -0.15) is 0 Å². The van der Waals surface area contributed by atoms with Gasteiger partial charge in [-0.25, -0.2) is 9.97 Å². The summed E-state index contributed by atoms with van der Waals surface area (Å²) in [6.07, 6.45) is 3.63. The molecular weight excluding hydrogens is 374 g/mol. The third-order valence-corrected chi connectivity index (χ3v) is 5.04. The van der Waals surface area contributed by atoms with E-state index in [1.54, 1.807) is 18.3 Å². The number of phenolic OH excluding ortho intramolecular Hbond substituents is 1. The van der Waals surface area contributed by atoms with Crippen molar-refractivity contribution in [3.05, 3.63) is 71.9 Å². The molecule has 4 N–H and O–H groups in total. The molecule has 0 unspecified atom stereocenters. The number of aromatic nitrogens is 2. The lowest BCUT2D eigenvalue weighted by atomic mass is 10.1. The van der Waals surface area contributed by atoms with Crippen molar-refractivity contribution in [3.8, 4) is 17.0 Å². The Morgan fingerprint density at radius 3 is 2.67 bits per heavy atom. The molecule has 0 bridgehead atoms. The third-order valence-electron chi connectivity index (χ3n) is 5.04. The van der Waals surface area contributed by atoms with Gasteiger partial charge in [0.2, 0.25) is 5.95 Å². The molecule has 3 rings (SSSR count). The van der Waals surface area contributed by atoms with Gasteiger partial charge in [0.15, 0.2) is 0 Å². The summed E-state index contributed by atoms with van der Waals surface area (Å²) in [4.78, 5) is 11.4. The molecule has 30 heavy (non-hydrogen) atoms. The number of hydrogen-bond donors (Lipinski definition) is 3. The van der Waals surface area contributed by atoms with E-state index >= 15 is 0 Å². The Balaban J connectivity index is 1.62. The molecule has 158 valence electrons. The summed E-state index contributed by atoms with van der Waals surface area (Å²) in [7, 11) is 0. The normalized spacial score (nSPS) is 11.0. The van der Waals surface area contributed by atoms with E-state index in [2.05, 4.69) is 51.4 Å². The second kappa shape index (κ2) is 11.3. The molecule has 3 aromatic rings. The van der Waals surface area contributed by atoms with Crippen molar-refractivity contribution in [1.29, 1.82) is 0 Å². The molecule has 0 aliphatic rings. The predicted molar refractivity (Wildman–Crippen MR) is 122 cm³/mol. The first-order chi connectivity index (χ1) is 14.7. The van der Waals surface area contributed by atoms with Crippen molar-refractivity contribution in [3.63, 3.8) is 0 Å². The minimum absolute atomic E-state index is 0.284. The quantitative estimate of drug-likeness (QED) is 0.451. The van der Waals surface area contributed by atoms with Gasteiger partial charge in [0, 0.05) is 24.8 Å². The van der Waals surface area contributed by atoms with Gasteiger partial charge in [-0.1, -0.05) is 37.3 Å². The van der Waals surface area contributed by atoms with E-state index in [0.717, 1.165) is 62.4 Å². The van der Waals surface area contributed by atoms with Crippen LogP contribution in [-0.4, -0.2) is 46.2 Å². The highest BCUT2D eigenvalue weighted by Gasteiger charge is 2.07. The van der Waals surface area contributed by atoms with Gasteiger partial charge >= 0.3 is 0 Å². The molecule has 0 aliphatic heterocycles. The van der Waals surface area contributed by atoms with Gasteiger partial charge in [-0.05, 0) is 67.9 Å². The second-order valence-electron chi connectivity index (χ2n) is 7.32. The molecule has 6 heteroatoms. The van der Waals surface area contributed by atoms with Crippen LogP contribution in [-0.2, 0) is 13.0 Å². The van der Waals surface area contributed by atoms with Crippen LogP contribution in [0.1, 0.15) is 24.5 Å². The fourth-order valence-corrected chi connectivity index (χ4v) is 3.34. The van der Waals surface area contributed by atoms with E-state index in [0.29, 0.717) is 5.95 Å². The van der Waals surface area contributed by atoms with Crippen LogP contribution in [0.3, 0.4) is 0 Å². The van der Waals surface area contributed by atoms with Crippen LogP contribution < -0.4 is 11.1 Å². The number of nitrogens with two attached hydrogens (primary N) is 1. The van der Waals surface area contributed by atoms with E-state index < -0.39 is 0 Å². The summed E-state index contributed by atoms with van der Waals surface area (Å²) in [5.41, 5.74) is 10.1. The number of hydrogen-bond acceptors (Lipinski definition) is 6. The third kappa shape index (κ3) is 6.54. The molecule has 0 amide bonds. The lowest BCUT2D eigenvalue weighted by Crippen LogP contribution is -2.25. The van der Waals surface area contributed by atoms with Gasteiger partial charge in [0.25, 0.3) is 0 Å². The Bertz CT molecular complexity index is 913. The average Bonchev–Trinajstić information content (AvgIpc) is 2.78. The zero-order chi connectivity index (χ0) is 21.2. The molecule has 0 fully saturated rings. The monoisotopic (exact) mass is 405 g/mol. The Kier molecular flexibility index (Phi) is 8.18. The van der Waals surface area contributed by atoms with E-state index in [9.17, 15) is 5.11 Å². The zero-order valence-electron chi connectivity index (χ0n) is 17.6. The maximum atomic E-state index is 9.38. The van der Waals surface area contributed by atoms with Crippen molar-refractivity contribution >= 4 is 5.95 Å².